The van der Waals surface area contributed by atoms with Gasteiger partial charge in [0.2, 0.25) is 5.82 Å². The van der Waals surface area contributed by atoms with E-state index in [0.717, 1.165) is 4.80 Å². The first-order chi connectivity index (χ1) is 7.18. The molecule has 1 aromatic heterocycles. The van der Waals surface area contributed by atoms with Gasteiger partial charge in [0.25, 0.3) is 0 Å². The third kappa shape index (κ3) is 1.62. The van der Waals surface area contributed by atoms with Crippen LogP contribution in [0.2, 0.25) is 0 Å². The highest BCUT2D eigenvalue weighted by molar-refractivity contribution is 5.46. The van der Waals surface area contributed by atoms with Crippen LogP contribution in [0.3, 0.4) is 0 Å². The molecule has 0 unspecified atom stereocenters. The molecule has 0 saturated carbocycles. The van der Waals surface area contributed by atoms with Gasteiger partial charge in [-0.15, -0.1) is 5.10 Å². The molecule has 0 aliphatic rings. The first-order valence-corrected chi connectivity index (χ1v) is 4.11. The van der Waals surface area contributed by atoms with E-state index >= 15 is 0 Å². The molecule has 0 radical (unpaired) electrons. The van der Waals surface area contributed by atoms with Crippen LogP contribution in [0.25, 0.3) is 5.69 Å². The molecule has 0 amide bonds. The maximum Gasteiger partial charge on any atom is 0.434 e. The van der Waals surface area contributed by atoms with Crippen LogP contribution in [0, 0.1) is 10.1 Å². The lowest BCUT2D eigenvalue weighted by atomic mass is 10.3. The second-order valence-corrected chi connectivity index (χ2v) is 2.79. The van der Waals surface area contributed by atoms with Crippen LogP contribution in [0.4, 0.5) is 11.6 Å². The van der Waals surface area contributed by atoms with Crippen LogP contribution < -0.4 is 5.73 Å². The zero-order valence-corrected chi connectivity index (χ0v) is 7.57. The second kappa shape index (κ2) is 3.37. The fourth-order valence-corrected chi connectivity index (χ4v) is 1.12. The van der Waals surface area contributed by atoms with E-state index in [2.05, 4.69) is 10.2 Å². The fourth-order valence-electron chi connectivity index (χ4n) is 1.12. The standard InChI is InChI=1S/C8H7N5O2/c9-7-8(13(14)15)11-12(10-7)6-4-2-1-3-5-6/h1-5H,(H2,9,10). The number of nitrogens with two attached hydrogens (primary N) is 1. The first kappa shape index (κ1) is 9.13. The van der Waals surface area contributed by atoms with Gasteiger partial charge in [0.15, 0.2) is 0 Å². The number of para-hydroxylation sites is 1. The third-order valence-corrected chi connectivity index (χ3v) is 1.78. The summed E-state index contributed by atoms with van der Waals surface area (Å²) >= 11 is 0. The Morgan fingerprint density at radius 1 is 1.27 bits per heavy atom. The number of anilines is 1. The molecule has 2 rings (SSSR count). The Balaban J connectivity index is 2.48. The largest absolute Gasteiger partial charge is 0.434 e. The molecule has 2 N–H and O–H groups in total. The minimum absolute atomic E-state index is 0.191. The highest BCUT2D eigenvalue weighted by Gasteiger charge is 2.20. The van der Waals surface area contributed by atoms with E-state index in [4.69, 9.17) is 5.73 Å². The molecule has 0 fully saturated rings. The van der Waals surface area contributed by atoms with Gasteiger partial charge in [0.05, 0.1) is 5.10 Å². The lowest BCUT2D eigenvalue weighted by molar-refractivity contribution is -0.388. The van der Waals surface area contributed by atoms with Gasteiger partial charge in [-0.2, -0.15) is 0 Å². The Morgan fingerprint density at radius 2 is 1.93 bits per heavy atom. The molecule has 0 aliphatic heterocycles. The van der Waals surface area contributed by atoms with E-state index in [1.165, 1.54) is 0 Å². The number of nitro groups is 1. The minimum atomic E-state index is -0.665. The molecule has 76 valence electrons. The average Bonchev–Trinajstić information content (AvgIpc) is 2.62. The number of nitrogen functional groups attached to an aromatic ring is 1. The van der Waals surface area contributed by atoms with Gasteiger partial charge in [0.1, 0.15) is 5.69 Å². The van der Waals surface area contributed by atoms with Crippen LogP contribution in [0.15, 0.2) is 30.3 Å². The molecule has 0 aliphatic carbocycles. The molecule has 0 atom stereocenters. The first-order valence-electron chi connectivity index (χ1n) is 4.11. The van der Waals surface area contributed by atoms with Crippen molar-refractivity contribution in [3.63, 3.8) is 0 Å². The lowest BCUT2D eigenvalue weighted by Gasteiger charge is -1.91. The fraction of sp³-hybridized carbons (Fsp3) is 0. The van der Waals surface area contributed by atoms with Crippen molar-refractivity contribution in [1.82, 2.24) is 15.0 Å². The van der Waals surface area contributed by atoms with Crippen LogP contribution >= 0.6 is 0 Å². The van der Waals surface area contributed by atoms with Crippen LogP contribution in [0.1, 0.15) is 0 Å². The molecule has 1 heterocycles. The summed E-state index contributed by atoms with van der Waals surface area (Å²) in [4.78, 5) is 10.9. The van der Waals surface area contributed by atoms with Gasteiger partial charge in [-0.3, -0.25) is 0 Å². The molecule has 7 heteroatoms. The SMILES string of the molecule is Nc1nn(-c2ccccc2)nc1[N+](=O)[O-]. The molecule has 0 bridgehead atoms. The minimum Gasteiger partial charge on any atom is -0.375 e. The van der Waals surface area contributed by atoms with E-state index in [1.54, 1.807) is 24.3 Å². The summed E-state index contributed by atoms with van der Waals surface area (Å²) in [5, 5.41) is 17.9. The maximum absolute atomic E-state index is 10.5. The van der Waals surface area contributed by atoms with E-state index in [1.807, 2.05) is 6.07 Å². The predicted octanol–water partition coefficient (Wildman–Crippen LogP) is 0.758. The number of hydrogen-bond acceptors (Lipinski definition) is 5. The van der Waals surface area contributed by atoms with Gasteiger partial charge in [-0.1, -0.05) is 23.0 Å². The van der Waals surface area contributed by atoms with Crippen molar-refractivity contribution in [1.29, 1.82) is 0 Å². The summed E-state index contributed by atoms with van der Waals surface area (Å²) < 4.78 is 0. The van der Waals surface area contributed by atoms with Crippen molar-refractivity contribution in [3.05, 3.63) is 40.4 Å². The van der Waals surface area contributed by atoms with Gasteiger partial charge in [0, 0.05) is 0 Å². The topological polar surface area (TPSA) is 99.9 Å². The Bertz CT molecular complexity index is 493. The van der Waals surface area contributed by atoms with Crippen molar-refractivity contribution in [2.45, 2.75) is 0 Å². The van der Waals surface area contributed by atoms with Crippen molar-refractivity contribution in [2.24, 2.45) is 0 Å². The van der Waals surface area contributed by atoms with Crippen molar-refractivity contribution in [3.8, 4) is 5.69 Å². The Kier molecular flexibility index (Phi) is 2.05. The molecular formula is C8H7N5O2. The number of hydrogen-bond donors (Lipinski definition) is 1. The molecule has 7 nitrogen and oxygen atoms in total. The molecular weight excluding hydrogens is 198 g/mol. The lowest BCUT2D eigenvalue weighted by Crippen LogP contribution is -1.98. The summed E-state index contributed by atoms with van der Waals surface area (Å²) in [6, 6.07) is 8.83. The zero-order valence-electron chi connectivity index (χ0n) is 7.57. The Morgan fingerprint density at radius 3 is 2.47 bits per heavy atom. The van der Waals surface area contributed by atoms with E-state index in [-0.39, 0.29) is 5.82 Å². The number of aromatic nitrogens is 3. The van der Waals surface area contributed by atoms with Crippen LogP contribution in [-0.2, 0) is 0 Å². The highest BCUT2D eigenvalue weighted by Crippen LogP contribution is 2.16. The van der Waals surface area contributed by atoms with Crippen molar-refractivity contribution in [2.75, 3.05) is 5.73 Å². The average molecular weight is 205 g/mol. The van der Waals surface area contributed by atoms with Crippen LogP contribution in [-0.4, -0.2) is 19.9 Å². The van der Waals surface area contributed by atoms with E-state index in [0.29, 0.717) is 5.69 Å². The Labute approximate surface area is 84.3 Å². The van der Waals surface area contributed by atoms with Gasteiger partial charge in [-0.05, 0) is 17.1 Å². The molecule has 15 heavy (non-hydrogen) atoms. The quantitative estimate of drug-likeness (QED) is 0.576. The summed E-state index contributed by atoms with van der Waals surface area (Å²) in [6.07, 6.45) is 0. The normalized spacial score (nSPS) is 10.1. The van der Waals surface area contributed by atoms with Crippen molar-refractivity contribution < 1.29 is 4.92 Å². The number of nitrogens with zero attached hydrogens (tertiary/aromatic N) is 4. The monoisotopic (exact) mass is 205 g/mol. The van der Waals surface area contributed by atoms with E-state index in [9.17, 15) is 10.1 Å². The molecule has 2 aromatic rings. The molecule has 1 aromatic carbocycles. The predicted molar refractivity (Wildman–Crippen MR) is 52.4 cm³/mol. The number of rotatable bonds is 2. The molecule has 0 saturated heterocycles. The van der Waals surface area contributed by atoms with E-state index < -0.39 is 10.7 Å². The smallest absolute Gasteiger partial charge is 0.375 e. The summed E-state index contributed by atoms with van der Waals surface area (Å²) in [7, 11) is 0. The summed E-state index contributed by atoms with van der Waals surface area (Å²) in [5.41, 5.74) is 5.97. The summed E-state index contributed by atoms with van der Waals surface area (Å²) in [6.45, 7) is 0. The van der Waals surface area contributed by atoms with Gasteiger partial charge >= 0.3 is 5.82 Å². The Hall–Kier alpha value is -2.44. The third-order valence-electron chi connectivity index (χ3n) is 1.78. The molecule has 0 spiro atoms. The van der Waals surface area contributed by atoms with Gasteiger partial charge in [-0.25, -0.2) is 0 Å². The van der Waals surface area contributed by atoms with Crippen LogP contribution in [0.5, 0.6) is 0 Å². The number of benzene rings is 1. The highest BCUT2D eigenvalue weighted by atomic mass is 16.6. The van der Waals surface area contributed by atoms with Gasteiger partial charge < -0.3 is 15.8 Å². The zero-order chi connectivity index (χ0) is 10.8. The second-order valence-electron chi connectivity index (χ2n) is 2.79. The van der Waals surface area contributed by atoms with Crippen molar-refractivity contribution >= 4 is 11.6 Å². The summed E-state index contributed by atoms with van der Waals surface area (Å²) in [5.74, 6) is -0.622. The maximum atomic E-state index is 10.5.